The highest BCUT2D eigenvalue weighted by Crippen LogP contribution is 2.20. The molecule has 0 radical (unpaired) electrons. The third-order valence-electron chi connectivity index (χ3n) is 2.51. The number of pyridine rings is 1. The molecule has 1 atom stereocenters. The van der Waals surface area contributed by atoms with Crippen LogP contribution in [0.3, 0.4) is 0 Å². The molecule has 0 amide bonds. The topological polar surface area (TPSA) is 24.9 Å². The maximum absolute atomic E-state index is 4.01. The quantitative estimate of drug-likeness (QED) is 0.828. The van der Waals surface area contributed by atoms with Gasteiger partial charge < -0.3 is 5.32 Å². The van der Waals surface area contributed by atoms with E-state index in [1.54, 1.807) is 0 Å². The SMILES string of the molecule is Cl.c1cc(SCC2CCCCN2)ccn1. The number of hydrogen-bond donors (Lipinski definition) is 1. The summed E-state index contributed by atoms with van der Waals surface area (Å²) in [5.74, 6) is 1.18. The molecule has 1 unspecified atom stereocenters. The van der Waals surface area contributed by atoms with Crippen molar-refractivity contribution in [3.8, 4) is 0 Å². The highest BCUT2D eigenvalue weighted by atomic mass is 35.5. The first-order chi connectivity index (χ1) is 6.95. The minimum Gasteiger partial charge on any atom is -0.313 e. The van der Waals surface area contributed by atoms with Crippen molar-refractivity contribution < 1.29 is 0 Å². The molecule has 1 N–H and O–H groups in total. The van der Waals surface area contributed by atoms with Gasteiger partial charge in [-0.05, 0) is 31.5 Å². The van der Waals surface area contributed by atoms with Crippen LogP contribution in [0, 0.1) is 0 Å². The number of nitrogens with one attached hydrogen (secondary N) is 1. The van der Waals surface area contributed by atoms with Gasteiger partial charge >= 0.3 is 0 Å². The highest BCUT2D eigenvalue weighted by Gasteiger charge is 2.12. The maximum atomic E-state index is 4.01. The average molecular weight is 245 g/mol. The average Bonchev–Trinajstić information content (AvgIpc) is 2.29. The van der Waals surface area contributed by atoms with Crippen molar-refractivity contribution in [2.75, 3.05) is 12.3 Å². The summed E-state index contributed by atoms with van der Waals surface area (Å²) in [6.07, 6.45) is 7.77. The second-order valence-corrected chi connectivity index (χ2v) is 4.73. The monoisotopic (exact) mass is 244 g/mol. The number of thioether (sulfide) groups is 1. The molecule has 0 aromatic carbocycles. The minimum atomic E-state index is 0. The molecule has 84 valence electrons. The van der Waals surface area contributed by atoms with E-state index >= 15 is 0 Å². The third kappa shape index (κ3) is 4.41. The first kappa shape index (κ1) is 12.8. The summed E-state index contributed by atoms with van der Waals surface area (Å²) in [5, 5.41) is 3.55. The molecule has 1 aliphatic heterocycles. The normalized spacial score (nSPS) is 20.7. The molecule has 0 spiro atoms. The van der Waals surface area contributed by atoms with Gasteiger partial charge in [-0.15, -0.1) is 24.2 Å². The molecule has 0 bridgehead atoms. The number of rotatable bonds is 3. The van der Waals surface area contributed by atoms with Crippen molar-refractivity contribution in [2.24, 2.45) is 0 Å². The molecule has 1 saturated heterocycles. The van der Waals surface area contributed by atoms with E-state index in [0.717, 1.165) is 0 Å². The molecule has 2 nitrogen and oxygen atoms in total. The van der Waals surface area contributed by atoms with Crippen LogP contribution in [-0.2, 0) is 0 Å². The van der Waals surface area contributed by atoms with Crippen LogP contribution in [0.1, 0.15) is 19.3 Å². The van der Waals surface area contributed by atoms with E-state index in [2.05, 4.69) is 22.4 Å². The first-order valence-electron chi connectivity index (χ1n) is 5.21. The molecule has 0 saturated carbocycles. The number of halogens is 1. The largest absolute Gasteiger partial charge is 0.313 e. The molecule has 1 aromatic heterocycles. The van der Waals surface area contributed by atoms with Gasteiger partial charge in [-0.1, -0.05) is 6.42 Å². The fraction of sp³-hybridized carbons (Fsp3) is 0.545. The van der Waals surface area contributed by atoms with Gasteiger partial charge in [0.25, 0.3) is 0 Å². The zero-order valence-corrected chi connectivity index (χ0v) is 10.3. The lowest BCUT2D eigenvalue weighted by Gasteiger charge is -2.22. The summed E-state index contributed by atoms with van der Waals surface area (Å²) in [7, 11) is 0. The summed E-state index contributed by atoms with van der Waals surface area (Å²) >= 11 is 1.92. The Balaban J connectivity index is 0.00000112. The number of piperidine rings is 1. The molecule has 15 heavy (non-hydrogen) atoms. The van der Waals surface area contributed by atoms with Crippen LogP contribution in [-0.4, -0.2) is 23.3 Å². The third-order valence-corrected chi connectivity index (χ3v) is 3.69. The molecule has 2 heterocycles. The Hall–Kier alpha value is -0.250. The second kappa shape index (κ2) is 7.09. The van der Waals surface area contributed by atoms with E-state index in [1.807, 2.05) is 24.2 Å². The van der Waals surface area contributed by atoms with Crippen LogP contribution in [0.25, 0.3) is 0 Å². The van der Waals surface area contributed by atoms with Crippen LogP contribution >= 0.6 is 24.2 Å². The first-order valence-corrected chi connectivity index (χ1v) is 6.20. The standard InChI is InChI=1S/C11H16N2S.ClH/c1-2-6-13-10(3-1)9-14-11-4-7-12-8-5-11;/h4-5,7-8,10,13H,1-3,6,9H2;1H. The van der Waals surface area contributed by atoms with Crippen molar-refractivity contribution in [2.45, 2.75) is 30.2 Å². The molecule has 4 heteroatoms. The van der Waals surface area contributed by atoms with Crippen LogP contribution in [0.15, 0.2) is 29.4 Å². The number of aromatic nitrogens is 1. The summed E-state index contributed by atoms with van der Waals surface area (Å²) in [6.45, 7) is 1.20. The van der Waals surface area contributed by atoms with E-state index in [1.165, 1.54) is 36.5 Å². The summed E-state index contributed by atoms with van der Waals surface area (Å²) in [5.41, 5.74) is 0. The Labute approximate surface area is 102 Å². The minimum absolute atomic E-state index is 0. The Kier molecular flexibility index (Phi) is 6.06. The Morgan fingerprint density at radius 3 is 2.80 bits per heavy atom. The zero-order valence-electron chi connectivity index (χ0n) is 8.69. The van der Waals surface area contributed by atoms with Crippen LogP contribution in [0.4, 0.5) is 0 Å². The molecular formula is C11H17ClN2S. The van der Waals surface area contributed by atoms with E-state index in [4.69, 9.17) is 0 Å². The van der Waals surface area contributed by atoms with E-state index in [-0.39, 0.29) is 12.4 Å². The fourth-order valence-electron chi connectivity index (χ4n) is 1.70. The second-order valence-electron chi connectivity index (χ2n) is 3.64. The van der Waals surface area contributed by atoms with Crippen molar-refractivity contribution in [3.63, 3.8) is 0 Å². The maximum Gasteiger partial charge on any atom is 0.0278 e. The van der Waals surface area contributed by atoms with Crippen LogP contribution < -0.4 is 5.32 Å². The Bertz CT molecular complexity index is 263. The van der Waals surface area contributed by atoms with Crippen LogP contribution in [0.2, 0.25) is 0 Å². The predicted molar refractivity (Wildman–Crippen MR) is 67.9 cm³/mol. The van der Waals surface area contributed by atoms with Crippen molar-refractivity contribution in [1.29, 1.82) is 0 Å². The van der Waals surface area contributed by atoms with E-state index < -0.39 is 0 Å². The van der Waals surface area contributed by atoms with Gasteiger partial charge in [0, 0.05) is 29.1 Å². The molecular weight excluding hydrogens is 228 g/mol. The Morgan fingerprint density at radius 1 is 1.33 bits per heavy atom. The lowest BCUT2D eigenvalue weighted by molar-refractivity contribution is 0.430. The van der Waals surface area contributed by atoms with Gasteiger partial charge in [-0.2, -0.15) is 0 Å². The highest BCUT2D eigenvalue weighted by molar-refractivity contribution is 7.99. The van der Waals surface area contributed by atoms with E-state index in [9.17, 15) is 0 Å². The predicted octanol–water partition coefficient (Wildman–Crippen LogP) is 2.74. The van der Waals surface area contributed by atoms with Gasteiger partial charge in [-0.25, -0.2) is 0 Å². The zero-order chi connectivity index (χ0) is 9.64. The summed E-state index contributed by atoms with van der Waals surface area (Å²) < 4.78 is 0. The summed E-state index contributed by atoms with van der Waals surface area (Å²) in [6, 6.07) is 4.86. The van der Waals surface area contributed by atoms with Crippen molar-refractivity contribution >= 4 is 24.2 Å². The van der Waals surface area contributed by atoms with Gasteiger partial charge in [0.15, 0.2) is 0 Å². The van der Waals surface area contributed by atoms with Gasteiger partial charge in [0.05, 0.1) is 0 Å². The molecule has 1 fully saturated rings. The van der Waals surface area contributed by atoms with Crippen molar-refractivity contribution in [1.82, 2.24) is 10.3 Å². The molecule has 1 aliphatic rings. The van der Waals surface area contributed by atoms with Gasteiger partial charge in [0.2, 0.25) is 0 Å². The molecule has 2 rings (SSSR count). The lowest BCUT2D eigenvalue weighted by Crippen LogP contribution is -2.35. The Morgan fingerprint density at radius 2 is 2.13 bits per heavy atom. The lowest BCUT2D eigenvalue weighted by atomic mass is 10.1. The van der Waals surface area contributed by atoms with Gasteiger partial charge in [0.1, 0.15) is 0 Å². The number of hydrogen-bond acceptors (Lipinski definition) is 3. The number of nitrogens with zero attached hydrogens (tertiary/aromatic N) is 1. The van der Waals surface area contributed by atoms with Crippen LogP contribution in [0.5, 0.6) is 0 Å². The van der Waals surface area contributed by atoms with E-state index in [0.29, 0.717) is 6.04 Å². The smallest absolute Gasteiger partial charge is 0.0278 e. The molecule has 1 aromatic rings. The van der Waals surface area contributed by atoms with Gasteiger partial charge in [-0.3, -0.25) is 4.98 Å². The molecule has 0 aliphatic carbocycles. The summed E-state index contributed by atoms with van der Waals surface area (Å²) in [4.78, 5) is 5.34. The van der Waals surface area contributed by atoms with Crippen molar-refractivity contribution in [3.05, 3.63) is 24.5 Å². The fourth-order valence-corrected chi connectivity index (χ4v) is 2.69.